The van der Waals surface area contributed by atoms with Gasteiger partial charge in [-0.3, -0.25) is 4.79 Å². The van der Waals surface area contributed by atoms with E-state index in [1.54, 1.807) is 0 Å². The van der Waals surface area contributed by atoms with Crippen LogP contribution in [-0.4, -0.2) is 16.9 Å². The molecular weight excluding hydrogens is 222 g/mol. The fourth-order valence-electron chi connectivity index (χ4n) is 1.66. The van der Waals surface area contributed by atoms with Gasteiger partial charge >= 0.3 is 0 Å². The van der Waals surface area contributed by atoms with Crippen molar-refractivity contribution in [2.75, 3.05) is 5.73 Å². The van der Waals surface area contributed by atoms with Gasteiger partial charge in [-0.15, -0.1) is 11.3 Å². The van der Waals surface area contributed by atoms with Gasteiger partial charge in [-0.05, 0) is 19.3 Å². The van der Waals surface area contributed by atoms with Gasteiger partial charge < -0.3 is 11.1 Å². The fraction of sp³-hybridized carbons (Fsp3) is 0.636. The number of carbonyl (C=O) groups is 1. The van der Waals surface area contributed by atoms with Crippen LogP contribution in [0.15, 0.2) is 5.38 Å². The minimum atomic E-state index is 0.0125. The highest BCUT2D eigenvalue weighted by Gasteiger charge is 2.11. The third-order valence-electron chi connectivity index (χ3n) is 2.14. The summed E-state index contributed by atoms with van der Waals surface area (Å²) >= 11 is 1.36. The van der Waals surface area contributed by atoms with Crippen molar-refractivity contribution >= 4 is 22.4 Å². The molecule has 1 atom stereocenters. The molecule has 1 aromatic heterocycles. The first-order valence-corrected chi connectivity index (χ1v) is 6.34. The van der Waals surface area contributed by atoms with Gasteiger partial charge in [-0.25, -0.2) is 4.98 Å². The molecule has 0 aliphatic heterocycles. The number of amides is 1. The highest BCUT2D eigenvalue weighted by atomic mass is 32.1. The molecule has 0 saturated heterocycles. The number of thiazole rings is 1. The Balaban J connectivity index is 2.36. The predicted octanol–water partition coefficient (Wildman–Crippen LogP) is 1.82. The molecule has 0 radical (unpaired) electrons. The van der Waals surface area contributed by atoms with E-state index >= 15 is 0 Å². The van der Waals surface area contributed by atoms with Crippen LogP contribution >= 0.6 is 11.3 Å². The first-order valence-electron chi connectivity index (χ1n) is 5.46. The molecule has 3 N–H and O–H groups in total. The van der Waals surface area contributed by atoms with E-state index in [1.165, 1.54) is 11.3 Å². The largest absolute Gasteiger partial charge is 0.375 e. The van der Waals surface area contributed by atoms with Crippen molar-refractivity contribution in [2.45, 2.75) is 39.7 Å². The SMILES string of the molecule is CC(C)CC(C)NC(=O)Cc1csc(N)n1. The Hall–Kier alpha value is -1.10. The number of rotatable bonds is 5. The van der Waals surface area contributed by atoms with Crippen molar-refractivity contribution in [1.29, 1.82) is 0 Å². The van der Waals surface area contributed by atoms with Crippen LogP contribution in [0.25, 0.3) is 0 Å². The zero-order valence-corrected chi connectivity index (χ0v) is 10.8. The summed E-state index contributed by atoms with van der Waals surface area (Å²) in [6, 6.07) is 0.212. The number of nitrogen functional groups attached to an aromatic ring is 1. The van der Waals surface area contributed by atoms with Crippen LogP contribution < -0.4 is 11.1 Å². The summed E-state index contributed by atoms with van der Waals surface area (Å²) in [6.07, 6.45) is 1.31. The third-order valence-corrected chi connectivity index (χ3v) is 2.87. The molecule has 90 valence electrons. The molecule has 0 aliphatic rings. The van der Waals surface area contributed by atoms with Crippen molar-refractivity contribution in [1.82, 2.24) is 10.3 Å². The summed E-state index contributed by atoms with van der Waals surface area (Å²) in [6.45, 7) is 6.31. The lowest BCUT2D eigenvalue weighted by molar-refractivity contribution is -0.121. The number of nitrogens with zero attached hydrogens (tertiary/aromatic N) is 1. The van der Waals surface area contributed by atoms with E-state index in [0.717, 1.165) is 12.1 Å². The zero-order chi connectivity index (χ0) is 12.1. The number of nitrogens with one attached hydrogen (secondary N) is 1. The lowest BCUT2D eigenvalue weighted by Crippen LogP contribution is -2.34. The smallest absolute Gasteiger partial charge is 0.226 e. The Bertz CT molecular complexity index is 349. The molecule has 1 heterocycles. The molecule has 0 bridgehead atoms. The van der Waals surface area contributed by atoms with E-state index in [-0.39, 0.29) is 11.9 Å². The average molecular weight is 241 g/mol. The molecule has 1 aromatic rings. The normalized spacial score (nSPS) is 12.8. The van der Waals surface area contributed by atoms with Crippen molar-refractivity contribution in [3.05, 3.63) is 11.1 Å². The first-order chi connectivity index (χ1) is 7.47. The average Bonchev–Trinajstić information content (AvgIpc) is 2.48. The van der Waals surface area contributed by atoms with E-state index in [9.17, 15) is 4.79 Å². The highest BCUT2D eigenvalue weighted by molar-refractivity contribution is 7.13. The number of hydrogen-bond donors (Lipinski definition) is 2. The molecule has 5 heteroatoms. The Morgan fingerprint density at radius 2 is 2.25 bits per heavy atom. The van der Waals surface area contributed by atoms with Crippen molar-refractivity contribution in [2.24, 2.45) is 5.92 Å². The third kappa shape index (κ3) is 4.61. The molecule has 0 fully saturated rings. The quantitative estimate of drug-likeness (QED) is 0.826. The Morgan fingerprint density at radius 3 is 2.75 bits per heavy atom. The minimum absolute atomic E-state index is 0.0125. The summed E-state index contributed by atoms with van der Waals surface area (Å²) < 4.78 is 0. The summed E-state index contributed by atoms with van der Waals surface area (Å²) in [4.78, 5) is 15.7. The van der Waals surface area contributed by atoms with Gasteiger partial charge in [-0.2, -0.15) is 0 Å². The number of carbonyl (C=O) groups excluding carboxylic acids is 1. The second kappa shape index (κ2) is 5.84. The van der Waals surface area contributed by atoms with Crippen LogP contribution in [0.1, 0.15) is 32.9 Å². The molecule has 0 saturated carbocycles. The zero-order valence-electron chi connectivity index (χ0n) is 9.99. The van der Waals surface area contributed by atoms with E-state index in [2.05, 4.69) is 24.1 Å². The maximum Gasteiger partial charge on any atom is 0.226 e. The van der Waals surface area contributed by atoms with Crippen molar-refractivity contribution in [3.63, 3.8) is 0 Å². The molecule has 1 amide bonds. The van der Waals surface area contributed by atoms with E-state index in [1.807, 2.05) is 12.3 Å². The van der Waals surface area contributed by atoms with Gasteiger partial charge in [0.05, 0.1) is 12.1 Å². The fourth-order valence-corrected chi connectivity index (χ4v) is 2.22. The van der Waals surface area contributed by atoms with Gasteiger partial charge in [0, 0.05) is 11.4 Å². The molecular formula is C11H19N3OS. The number of aromatic nitrogens is 1. The highest BCUT2D eigenvalue weighted by Crippen LogP contribution is 2.11. The molecule has 0 aliphatic carbocycles. The maximum absolute atomic E-state index is 11.6. The molecule has 16 heavy (non-hydrogen) atoms. The molecule has 4 nitrogen and oxygen atoms in total. The van der Waals surface area contributed by atoms with E-state index in [4.69, 9.17) is 5.73 Å². The van der Waals surface area contributed by atoms with Crippen LogP contribution in [0.2, 0.25) is 0 Å². The summed E-state index contributed by atoms with van der Waals surface area (Å²) in [5, 5.41) is 5.29. The van der Waals surface area contributed by atoms with Gasteiger partial charge in [0.25, 0.3) is 0 Å². The molecule has 1 unspecified atom stereocenters. The van der Waals surface area contributed by atoms with Gasteiger partial charge in [0.2, 0.25) is 5.91 Å². The van der Waals surface area contributed by atoms with Crippen molar-refractivity contribution in [3.8, 4) is 0 Å². The Morgan fingerprint density at radius 1 is 1.56 bits per heavy atom. The van der Waals surface area contributed by atoms with E-state index in [0.29, 0.717) is 17.5 Å². The van der Waals surface area contributed by atoms with Crippen molar-refractivity contribution < 1.29 is 4.79 Å². The standard InChI is InChI=1S/C11H19N3OS/c1-7(2)4-8(3)13-10(15)5-9-6-16-11(12)14-9/h6-8H,4-5H2,1-3H3,(H2,12,14)(H,13,15). The topological polar surface area (TPSA) is 68.0 Å². The van der Waals surface area contributed by atoms with Gasteiger partial charge in [-0.1, -0.05) is 13.8 Å². The van der Waals surface area contributed by atoms with Crippen LogP contribution in [0.4, 0.5) is 5.13 Å². The van der Waals surface area contributed by atoms with Crippen LogP contribution in [0.3, 0.4) is 0 Å². The second-order valence-corrected chi connectivity index (χ2v) is 5.34. The predicted molar refractivity (Wildman–Crippen MR) is 67.3 cm³/mol. The molecule has 1 rings (SSSR count). The van der Waals surface area contributed by atoms with Gasteiger partial charge in [0.15, 0.2) is 5.13 Å². The first kappa shape index (κ1) is 13.0. The van der Waals surface area contributed by atoms with Gasteiger partial charge in [0.1, 0.15) is 0 Å². The number of anilines is 1. The second-order valence-electron chi connectivity index (χ2n) is 4.45. The number of hydrogen-bond acceptors (Lipinski definition) is 4. The summed E-state index contributed by atoms with van der Waals surface area (Å²) in [5.41, 5.74) is 6.24. The van der Waals surface area contributed by atoms with Crippen LogP contribution in [0, 0.1) is 5.92 Å². The summed E-state index contributed by atoms with van der Waals surface area (Å²) in [5.74, 6) is 0.601. The monoisotopic (exact) mass is 241 g/mol. The Labute approximate surface area is 100 Å². The lowest BCUT2D eigenvalue weighted by atomic mass is 10.1. The van der Waals surface area contributed by atoms with Crippen LogP contribution in [-0.2, 0) is 11.2 Å². The lowest BCUT2D eigenvalue weighted by Gasteiger charge is -2.15. The van der Waals surface area contributed by atoms with Crippen LogP contribution in [0.5, 0.6) is 0 Å². The summed E-state index contributed by atoms with van der Waals surface area (Å²) in [7, 11) is 0. The Kier molecular flexibility index (Phi) is 4.73. The maximum atomic E-state index is 11.6. The minimum Gasteiger partial charge on any atom is -0.375 e. The van der Waals surface area contributed by atoms with E-state index < -0.39 is 0 Å². The molecule has 0 spiro atoms. The molecule has 0 aromatic carbocycles. The number of nitrogens with two attached hydrogens (primary N) is 1.